The summed E-state index contributed by atoms with van der Waals surface area (Å²) < 4.78 is 137. The second-order valence-electron chi connectivity index (χ2n) is 10.1. The SMILES string of the molecule is O=S(=O)(O)CCNc1nc(Nc2ccc3c(S(=O)(=O)O)cc(SOOO)cc3c2)nc(Nc2ccc3c(S(=O)(=O)O)cc(S(=O)(=O)O)cc3c2)n1. The van der Waals surface area contributed by atoms with Crippen molar-refractivity contribution in [2.45, 2.75) is 19.6 Å². The van der Waals surface area contributed by atoms with Crippen LogP contribution >= 0.6 is 12.0 Å². The maximum atomic E-state index is 12.1. The lowest BCUT2D eigenvalue weighted by Crippen LogP contribution is -2.17. The molecule has 0 saturated heterocycles. The second-order valence-corrected chi connectivity index (χ2v) is 16.7. The van der Waals surface area contributed by atoms with Gasteiger partial charge in [0.2, 0.25) is 17.8 Å². The number of rotatable bonds is 14. The van der Waals surface area contributed by atoms with Crippen LogP contribution < -0.4 is 16.0 Å². The van der Waals surface area contributed by atoms with Crippen LogP contribution in [0.3, 0.4) is 0 Å². The van der Waals surface area contributed by atoms with Crippen LogP contribution in [0.5, 0.6) is 0 Å². The summed E-state index contributed by atoms with van der Waals surface area (Å²) in [5, 5.41) is 20.4. The van der Waals surface area contributed by atoms with E-state index in [4.69, 9.17) is 9.81 Å². The molecule has 272 valence electrons. The van der Waals surface area contributed by atoms with Crippen molar-refractivity contribution in [3.8, 4) is 0 Å². The summed E-state index contributed by atoms with van der Waals surface area (Å²) in [6.07, 6.45) is 0. The molecule has 21 nitrogen and oxygen atoms in total. The van der Waals surface area contributed by atoms with Crippen molar-refractivity contribution in [2.24, 2.45) is 0 Å². The number of fused-ring (bicyclic) bond motifs is 2. The molecule has 0 radical (unpaired) electrons. The van der Waals surface area contributed by atoms with Crippen molar-refractivity contribution in [2.75, 3.05) is 28.2 Å². The molecule has 5 rings (SSSR count). The quantitative estimate of drug-likeness (QED) is 0.0346. The number of aromatic nitrogens is 3. The fourth-order valence-electron chi connectivity index (χ4n) is 4.57. The summed E-state index contributed by atoms with van der Waals surface area (Å²) in [6, 6.07) is 12.0. The molecule has 0 unspecified atom stereocenters. The Kier molecular flexibility index (Phi) is 10.7. The minimum Gasteiger partial charge on any atom is -0.353 e. The molecule has 8 N–H and O–H groups in total. The minimum absolute atomic E-state index is 0.0597. The highest BCUT2D eigenvalue weighted by atomic mass is 32.2. The van der Waals surface area contributed by atoms with Gasteiger partial charge in [-0.3, -0.25) is 18.2 Å². The topological polar surface area (TPSA) is 331 Å². The zero-order valence-corrected chi connectivity index (χ0v) is 29.0. The Morgan fingerprint density at radius 1 is 0.627 bits per heavy atom. The van der Waals surface area contributed by atoms with Gasteiger partial charge >= 0.3 is 0 Å². The van der Waals surface area contributed by atoms with Crippen molar-refractivity contribution in [3.63, 3.8) is 0 Å². The van der Waals surface area contributed by atoms with E-state index < -0.39 is 60.9 Å². The minimum atomic E-state index is -4.95. The first-order chi connectivity index (χ1) is 23.7. The lowest BCUT2D eigenvalue weighted by Gasteiger charge is -2.13. The summed E-state index contributed by atoms with van der Waals surface area (Å²) in [5.41, 5.74) is 0.368. The Hall–Kier alpha value is -4.32. The van der Waals surface area contributed by atoms with Crippen LogP contribution in [-0.2, 0) is 49.8 Å². The number of nitrogens with zero attached hydrogens (tertiary/aromatic N) is 3. The van der Waals surface area contributed by atoms with Gasteiger partial charge in [0.1, 0.15) is 9.79 Å². The summed E-state index contributed by atoms with van der Waals surface area (Å²) in [7, 11) is -19.0. The van der Waals surface area contributed by atoms with E-state index in [-0.39, 0.29) is 62.2 Å². The molecular formula is C25H22N6O15S5. The van der Waals surface area contributed by atoms with Crippen LogP contribution in [0.25, 0.3) is 21.5 Å². The van der Waals surface area contributed by atoms with Crippen molar-refractivity contribution in [1.29, 1.82) is 0 Å². The maximum Gasteiger partial charge on any atom is 0.295 e. The zero-order chi connectivity index (χ0) is 37.4. The molecule has 0 spiro atoms. The molecule has 26 heteroatoms. The smallest absolute Gasteiger partial charge is 0.295 e. The van der Waals surface area contributed by atoms with E-state index in [2.05, 4.69) is 40.3 Å². The summed E-state index contributed by atoms with van der Waals surface area (Å²) >= 11 is 0.431. The summed E-state index contributed by atoms with van der Waals surface area (Å²) in [4.78, 5) is 10.5. The molecule has 1 aromatic heterocycles. The number of hydrogen-bond acceptors (Lipinski definition) is 18. The predicted molar refractivity (Wildman–Crippen MR) is 179 cm³/mol. The van der Waals surface area contributed by atoms with Crippen molar-refractivity contribution < 1.29 is 66.5 Å². The van der Waals surface area contributed by atoms with E-state index in [0.29, 0.717) is 18.1 Å². The number of nitrogens with one attached hydrogen (secondary N) is 3. The first-order valence-electron chi connectivity index (χ1n) is 13.4. The van der Waals surface area contributed by atoms with Gasteiger partial charge in [-0.1, -0.05) is 17.2 Å². The Labute approximate surface area is 292 Å². The van der Waals surface area contributed by atoms with Crippen LogP contribution in [0.15, 0.2) is 80.2 Å². The van der Waals surface area contributed by atoms with Crippen molar-refractivity contribution in [1.82, 2.24) is 15.0 Å². The normalized spacial score (nSPS) is 12.6. The van der Waals surface area contributed by atoms with Gasteiger partial charge in [0.25, 0.3) is 40.5 Å². The van der Waals surface area contributed by atoms with Gasteiger partial charge in [0.05, 0.1) is 22.7 Å². The molecule has 0 amide bonds. The molecule has 5 aromatic rings. The van der Waals surface area contributed by atoms with Gasteiger partial charge in [-0.25, -0.2) is 5.26 Å². The van der Waals surface area contributed by atoms with E-state index in [0.717, 1.165) is 12.1 Å². The number of hydrogen-bond donors (Lipinski definition) is 8. The van der Waals surface area contributed by atoms with Gasteiger partial charge < -0.3 is 16.0 Å². The Morgan fingerprint density at radius 3 is 1.63 bits per heavy atom. The molecule has 0 fully saturated rings. The molecule has 0 atom stereocenters. The van der Waals surface area contributed by atoms with Gasteiger partial charge in [-0.2, -0.15) is 48.6 Å². The highest BCUT2D eigenvalue weighted by Crippen LogP contribution is 2.33. The van der Waals surface area contributed by atoms with Gasteiger partial charge in [0, 0.05) is 33.6 Å². The van der Waals surface area contributed by atoms with E-state index in [1.165, 1.54) is 42.5 Å². The third-order valence-electron chi connectivity index (χ3n) is 6.58. The third kappa shape index (κ3) is 9.72. The van der Waals surface area contributed by atoms with Crippen LogP contribution in [0.4, 0.5) is 29.2 Å². The molecule has 1 heterocycles. The number of anilines is 5. The zero-order valence-electron chi connectivity index (χ0n) is 24.9. The first kappa shape index (κ1) is 37.9. The molecule has 0 aliphatic heterocycles. The maximum absolute atomic E-state index is 12.1. The standard InChI is InChI=1S/C25H22N6O15S5/c32-45-46-47-17-9-13-7-15(1-3-19(13)21(11-17)50(39,40)41)27-24-29-23(26-5-6-48(33,34)35)30-25(31-24)28-16-2-4-20-14(8-16)10-18(49(36,37)38)12-22(20)51(42,43)44/h1-4,7-12,32H,5-6H2,(H,33,34,35)(H,36,37,38)(H,39,40,41)(H,42,43,44)(H3,26,27,28,29,30,31). The molecular weight excluding hydrogens is 785 g/mol. The summed E-state index contributed by atoms with van der Waals surface area (Å²) in [5.74, 6) is -1.37. The Bertz CT molecular complexity index is 2630. The van der Waals surface area contributed by atoms with Crippen LogP contribution in [0.1, 0.15) is 0 Å². The van der Waals surface area contributed by atoms with Crippen LogP contribution in [0.2, 0.25) is 0 Å². The van der Waals surface area contributed by atoms with Crippen LogP contribution in [-0.4, -0.2) is 84.4 Å². The molecule has 51 heavy (non-hydrogen) atoms. The van der Waals surface area contributed by atoms with E-state index >= 15 is 0 Å². The van der Waals surface area contributed by atoms with E-state index in [9.17, 15) is 47.3 Å². The van der Waals surface area contributed by atoms with Crippen LogP contribution in [0, 0.1) is 0 Å². The fourth-order valence-corrected chi connectivity index (χ4v) is 7.55. The molecule has 0 aliphatic carbocycles. The van der Waals surface area contributed by atoms with Gasteiger partial charge in [-0.05, 0) is 59.3 Å². The Morgan fingerprint density at radius 2 is 1.14 bits per heavy atom. The summed E-state index contributed by atoms with van der Waals surface area (Å²) in [6.45, 7) is -0.358. The highest BCUT2D eigenvalue weighted by molar-refractivity contribution is 7.94. The average molecular weight is 807 g/mol. The van der Waals surface area contributed by atoms with E-state index in [1.807, 2.05) is 0 Å². The monoisotopic (exact) mass is 806 g/mol. The lowest BCUT2D eigenvalue weighted by atomic mass is 10.1. The highest BCUT2D eigenvalue weighted by Gasteiger charge is 2.21. The van der Waals surface area contributed by atoms with Crippen molar-refractivity contribution >= 4 is 103 Å². The van der Waals surface area contributed by atoms with Crippen molar-refractivity contribution in [3.05, 3.63) is 60.7 Å². The second kappa shape index (κ2) is 14.4. The molecule has 0 aliphatic rings. The lowest BCUT2D eigenvalue weighted by molar-refractivity contribution is -0.432. The number of benzene rings is 4. The average Bonchev–Trinajstić information content (AvgIpc) is 3.00. The van der Waals surface area contributed by atoms with Gasteiger partial charge in [0.15, 0.2) is 0 Å². The molecule has 0 bridgehead atoms. The predicted octanol–water partition coefficient (Wildman–Crippen LogP) is 3.13. The third-order valence-corrected chi connectivity index (χ3v) is 10.5. The van der Waals surface area contributed by atoms with E-state index in [1.54, 1.807) is 0 Å². The first-order valence-corrected chi connectivity index (χ1v) is 20.1. The van der Waals surface area contributed by atoms with Gasteiger partial charge in [-0.15, -0.1) is 4.33 Å². The molecule has 4 aromatic carbocycles. The largest absolute Gasteiger partial charge is 0.353 e. The Balaban J connectivity index is 1.55. The fraction of sp³-hybridized carbons (Fsp3) is 0.0800. The molecule has 0 saturated carbocycles.